The van der Waals surface area contributed by atoms with Crippen LogP contribution >= 0.6 is 0 Å². The minimum atomic E-state index is 0.0362. The summed E-state index contributed by atoms with van der Waals surface area (Å²) in [7, 11) is 1.69. The molecule has 1 unspecified atom stereocenters. The zero-order valence-corrected chi connectivity index (χ0v) is 13.4. The number of rotatable bonds is 9. The highest BCUT2D eigenvalue weighted by Gasteiger charge is 2.15. The molecule has 0 aliphatic carbocycles. The third-order valence-corrected chi connectivity index (χ3v) is 3.73. The van der Waals surface area contributed by atoms with Crippen molar-refractivity contribution in [1.29, 1.82) is 0 Å². The second-order valence-corrected chi connectivity index (χ2v) is 5.68. The molecular weight excluding hydrogens is 248 g/mol. The van der Waals surface area contributed by atoms with Crippen LogP contribution in [0.25, 0.3) is 0 Å². The van der Waals surface area contributed by atoms with E-state index in [9.17, 15) is 0 Å². The summed E-state index contributed by atoms with van der Waals surface area (Å²) < 4.78 is 5.27. The first kappa shape index (κ1) is 17.0. The topological polar surface area (TPSA) is 38.5 Å². The molecule has 0 aromatic heterocycles. The largest absolute Gasteiger partial charge is 0.497 e. The molecule has 2 N–H and O–H groups in total. The maximum atomic E-state index is 6.36. The smallest absolute Gasteiger partial charge is 0.119 e. The molecule has 0 saturated carbocycles. The third-order valence-electron chi connectivity index (χ3n) is 3.73. The zero-order chi connectivity index (χ0) is 15.0. The van der Waals surface area contributed by atoms with Crippen molar-refractivity contribution >= 4 is 0 Å². The van der Waals surface area contributed by atoms with E-state index in [4.69, 9.17) is 10.5 Å². The Morgan fingerprint density at radius 2 is 2.00 bits per heavy atom. The standard InChI is InChI=1S/C17H30N2O/c1-5-6-7-11-19(14(2)3)13-17(18)15-9-8-10-16(12-15)20-4/h8-10,12,14,17H,5-7,11,13,18H2,1-4H3. The number of benzene rings is 1. The number of hydrogen-bond donors (Lipinski definition) is 1. The summed E-state index contributed by atoms with van der Waals surface area (Å²) in [5, 5.41) is 0. The molecule has 0 aliphatic rings. The van der Waals surface area contributed by atoms with Gasteiger partial charge in [-0.2, -0.15) is 0 Å². The molecule has 114 valence electrons. The SMILES string of the molecule is CCCCCN(CC(N)c1cccc(OC)c1)C(C)C. The average molecular weight is 278 g/mol. The highest BCUT2D eigenvalue weighted by atomic mass is 16.5. The molecule has 20 heavy (non-hydrogen) atoms. The van der Waals surface area contributed by atoms with Crippen LogP contribution < -0.4 is 10.5 Å². The quantitative estimate of drug-likeness (QED) is 0.701. The molecule has 0 spiro atoms. The summed E-state index contributed by atoms with van der Waals surface area (Å²) in [5.41, 5.74) is 7.51. The molecule has 1 aromatic rings. The number of nitrogens with two attached hydrogens (primary N) is 1. The molecule has 0 saturated heterocycles. The van der Waals surface area contributed by atoms with Crippen LogP contribution in [0.5, 0.6) is 5.75 Å². The third kappa shape index (κ3) is 5.51. The van der Waals surface area contributed by atoms with Crippen molar-refractivity contribution < 1.29 is 4.74 Å². The van der Waals surface area contributed by atoms with E-state index in [0.29, 0.717) is 6.04 Å². The van der Waals surface area contributed by atoms with E-state index in [1.165, 1.54) is 19.3 Å². The van der Waals surface area contributed by atoms with Gasteiger partial charge in [0.15, 0.2) is 0 Å². The second-order valence-electron chi connectivity index (χ2n) is 5.68. The van der Waals surface area contributed by atoms with Crippen LogP contribution in [0.3, 0.4) is 0 Å². The van der Waals surface area contributed by atoms with Gasteiger partial charge in [0.05, 0.1) is 7.11 Å². The van der Waals surface area contributed by atoms with Gasteiger partial charge in [0.2, 0.25) is 0 Å². The summed E-state index contributed by atoms with van der Waals surface area (Å²) >= 11 is 0. The van der Waals surface area contributed by atoms with E-state index in [2.05, 4.69) is 31.7 Å². The lowest BCUT2D eigenvalue weighted by atomic mass is 10.1. The molecule has 1 aromatic carbocycles. The predicted octanol–water partition coefficient (Wildman–Crippen LogP) is 3.60. The van der Waals surface area contributed by atoms with Crippen LogP contribution in [-0.4, -0.2) is 31.1 Å². The van der Waals surface area contributed by atoms with Gasteiger partial charge in [0.1, 0.15) is 5.75 Å². The Hall–Kier alpha value is -1.06. The Morgan fingerprint density at radius 1 is 1.25 bits per heavy atom. The normalized spacial score (nSPS) is 12.9. The van der Waals surface area contributed by atoms with Crippen molar-refractivity contribution in [2.45, 2.75) is 52.1 Å². The fourth-order valence-corrected chi connectivity index (χ4v) is 2.36. The predicted molar refractivity (Wildman–Crippen MR) is 86.2 cm³/mol. The Labute approximate surface area is 124 Å². The Bertz CT molecular complexity index is 379. The highest BCUT2D eigenvalue weighted by Crippen LogP contribution is 2.19. The summed E-state index contributed by atoms with van der Waals surface area (Å²) in [6.07, 6.45) is 3.80. The summed E-state index contributed by atoms with van der Waals surface area (Å²) in [5.74, 6) is 0.875. The molecular formula is C17H30N2O. The van der Waals surface area contributed by atoms with E-state index in [-0.39, 0.29) is 6.04 Å². The Balaban J connectivity index is 2.62. The maximum absolute atomic E-state index is 6.36. The molecule has 0 aliphatic heterocycles. The molecule has 1 rings (SSSR count). The lowest BCUT2D eigenvalue weighted by molar-refractivity contribution is 0.204. The van der Waals surface area contributed by atoms with Gasteiger partial charge in [-0.3, -0.25) is 4.90 Å². The maximum Gasteiger partial charge on any atom is 0.119 e. The molecule has 0 radical (unpaired) electrons. The first-order valence-corrected chi connectivity index (χ1v) is 7.72. The molecule has 0 fully saturated rings. The minimum Gasteiger partial charge on any atom is -0.497 e. The van der Waals surface area contributed by atoms with E-state index < -0.39 is 0 Å². The van der Waals surface area contributed by atoms with Crippen molar-refractivity contribution in [3.63, 3.8) is 0 Å². The minimum absolute atomic E-state index is 0.0362. The van der Waals surface area contributed by atoms with Gasteiger partial charge in [-0.05, 0) is 44.5 Å². The molecule has 0 heterocycles. The van der Waals surface area contributed by atoms with Gasteiger partial charge in [0, 0.05) is 18.6 Å². The first-order chi connectivity index (χ1) is 9.58. The van der Waals surface area contributed by atoms with Crippen LogP contribution in [-0.2, 0) is 0 Å². The van der Waals surface area contributed by atoms with Crippen LogP contribution in [0, 0.1) is 0 Å². The molecule has 0 amide bonds. The van der Waals surface area contributed by atoms with Crippen molar-refractivity contribution in [2.24, 2.45) is 5.73 Å². The Morgan fingerprint density at radius 3 is 2.60 bits per heavy atom. The lowest BCUT2D eigenvalue weighted by Gasteiger charge is -2.29. The fourth-order valence-electron chi connectivity index (χ4n) is 2.36. The van der Waals surface area contributed by atoms with Gasteiger partial charge in [-0.1, -0.05) is 31.9 Å². The van der Waals surface area contributed by atoms with Crippen LogP contribution in [0.4, 0.5) is 0 Å². The second kappa shape index (κ2) is 8.98. The van der Waals surface area contributed by atoms with E-state index in [1.54, 1.807) is 7.11 Å². The van der Waals surface area contributed by atoms with Gasteiger partial charge < -0.3 is 10.5 Å². The van der Waals surface area contributed by atoms with Crippen molar-refractivity contribution in [1.82, 2.24) is 4.90 Å². The van der Waals surface area contributed by atoms with Gasteiger partial charge in [-0.15, -0.1) is 0 Å². The van der Waals surface area contributed by atoms with Gasteiger partial charge >= 0.3 is 0 Å². The highest BCUT2D eigenvalue weighted by molar-refractivity contribution is 5.30. The summed E-state index contributed by atoms with van der Waals surface area (Å²) in [6.45, 7) is 8.74. The number of hydrogen-bond acceptors (Lipinski definition) is 3. The van der Waals surface area contributed by atoms with Crippen LogP contribution in [0.15, 0.2) is 24.3 Å². The van der Waals surface area contributed by atoms with Gasteiger partial charge in [-0.25, -0.2) is 0 Å². The first-order valence-electron chi connectivity index (χ1n) is 7.72. The average Bonchev–Trinajstić information content (AvgIpc) is 2.46. The number of methoxy groups -OCH3 is 1. The van der Waals surface area contributed by atoms with E-state index in [0.717, 1.165) is 24.4 Å². The van der Waals surface area contributed by atoms with Crippen molar-refractivity contribution in [2.75, 3.05) is 20.2 Å². The van der Waals surface area contributed by atoms with Crippen LogP contribution in [0.1, 0.15) is 51.6 Å². The molecule has 1 atom stereocenters. The van der Waals surface area contributed by atoms with E-state index >= 15 is 0 Å². The van der Waals surface area contributed by atoms with Gasteiger partial charge in [0.25, 0.3) is 0 Å². The summed E-state index contributed by atoms with van der Waals surface area (Å²) in [6, 6.07) is 8.65. The number of unbranched alkanes of at least 4 members (excludes halogenated alkanes) is 2. The summed E-state index contributed by atoms with van der Waals surface area (Å²) in [4.78, 5) is 2.47. The molecule has 3 nitrogen and oxygen atoms in total. The lowest BCUT2D eigenvalue weighted by Crippen LogP contribution is -2.37. The van der Waals surface area contributed by atoms with Crippen molar-refractivity contribution in [3.8, 4) is 5.75 Å². The van der Waals surface area contributed by atoms with Crippen LogP contribution in [0.2, 0.25) is 0 Å². The fraction of sp³-hybridized carbons (Fsp3) is 0.647. The number of nitrogens with zero attached hydrogens (tertiary/aromatic N) is 1. The molecule has 3 heteroatoms. The Kier molecular flexibility index (Phi) is 7.63. The van der Waals surface area contributed by atoms with Crippen molar-refractivity contribution in [3.05, 3.63) is 29.8 Å². The number of ether oxygens (including phenoxy) is 1. The monoisotopic (exact) mass is 278 g/mol. The van der Waals surface area contributed by atoms with E-state index in [1.807, 2.05) is 18.2 Å². The molecule has 0 bridgehead atoms. The zero-order valence-electron chi connectivity index (χ0n) is 13.4.